The van der Waals surface area contributed by atoms with Crippen LogP contribution >= 0.6 is 0 Å². The molecule has 1 aromatic rings. The van der Waals surface area contributed by atoms with Gasteiger partial charge in [-0.3, -0.25) is 0 Å². The van der Waals surface area contributed by atoms with Gasteiger partial charge in [0.2, 0.25) is 0 Å². The molecular formula is C30H41F3. The van der Waals surface area contributed by atoms with Gasteiger partial charge in [-0.25, -0.2) is 0 Å². The first-order valence-electron chi connectivity index (χ1n) is 13.1. The lowest BCUT2D eigenvalue weighted by Gasteiger charge is -2.41. The van der Waals surface area contributed by atoms with Crippen LogP contribution in [0.3, 0.4) is 0 Å². The minimum absolute atomic E-state index is 0.0577. The second-order valence-corrected chi connectivity index (χ2v) is 10.1. The van der Waals surface area contributed by atoms with E-state index in [9.17, 15) is 13.2 Å². The Morgan fingerprint density at radius 1 is 0.909 bits per heavy atom. The van der Waals surface area contributed by atoms with Gasteiger partial charge in [0.05, 0.1) is 0 Å². The van der Waals surface area contributed by atoms with E-state index in [1.54, 1.807) is 6.08 Å². The highest BCUT2D eigenvalue weighted by Crippen LogP contribution is 2.47. The summed E-state index contributed by atoms with van der Waals surface area (Å²) in [5.41, 5.74) is 1.01. The maximum atomic E-state index is 12.7. The number of unbranched alkanes of at least 4 members (excludes halogenated alkanes) is 4. The van der Waals surface area contributed by atoms with Gasteiger partial charge in [-0.05, 0) is 36.7 Å². The second kappa shape index (κ2) is 12.6. The van der Waals surface area contributed by atoms with E-state index in [-0.39, 0.29) is 17.8 Å². The van der Waals surface area contributed by atoms with Gasteiger partial charge in [0, 0.05) is 17.8 Å². The lowest BCUT2D eigenvalue weighted by Crippen LogP contribution is -2.30. The molecule has 182 valence electrons. The van der Waals surface area contributed by atoms with Crippen LogP contribution in [0.5, 0.6) is 0 Å². The third-order valence-electron chi connectivity index (χ3n) is 7.64. The molecule has 3 rings (SSSR count). The summed E-state index contributed by atoms with van der Waals surface area (Å²) in [6, 6.07) is 10.4. The first-order chi connectivity index (χ1) is 15.9. The Bertz CT molecular complexity index is 749. The van der Waals surface area contributed by atoms with Gasteiger partial charge in [0.1, 0.15) is 0 Å². The molecule has 1 saturated carbocycles. The summed E-state index contributed by atoms with van der Waals surface area (Å²) < 4.78 is 38.0. The summed E-state index contributed by atoms with van der Waals surface area (Å²) in [6.45, 7) is 2.25. The summed E-state index contributed by atoms with van der Waals surface area (Å²) in [6.07, 6.45) is 21.0. The molecule has 0 saturated heterocycles. The highest BCUT2D eigenvalue weighted by Gasteiger charge is 2.36. The fourth-order valence-electron chi connectivity index (χ4n) is 5.60. The van der Waals surface area contributed by atoms with Gasteiger partial charge in [-0.2, -0.15) is 13.2 Å². The number of hydrogen-bond donors (Lipinski definition) is 0. The molecular weight excluding hydrogens is 417 g/mol. The number of halogens is 3. The molecule has 0 amide bonds. The zero-order valence-corrected chi connectivity index (χ0v) is 20.2. The third kappa shape index (κ3) is 8.19. The van der Waals surface area contributed by atoms with Crippen molar-refractivity contribution in [2.75, 3.05) is 0 Å². The average molecular weight is 459 g/mol. The van der Waals surface area contributed by atoms with Crippen molar-refractivity contribution in [1.82, 2.24) is 0 Å². The Kier molecular flexibility index (Phi) is 9.89. The van der Waals surface area contributed by atoms with Crippen molar-refractivity contribution < 1.29 is 13.2 Å². The maximum Gasteiger partial charge on any atom is 0.389 e. The maximum absolute atomic E-state index is 12.7. The number of benzene rings is 1. The SMILES string of the molecule is CCCCCCC[C@H]1CC[C@H](C2(/C=C/CCC(F)(F)F)C=CC(c3ccccc3)C=C2)CC1. The van der Waals surface area contributed by atoms with Crippen molar-refractivity contribution in [3.63, 3.8) is 0 Å². The largest absolute Gasteiger partial charge is 0.389 e. The van der Waals surface area contributed by atoms with Crippen molar-refractivity contribution >= 4 is 0 Å². The molecule has 0 heterocycles. The van der Waals surface area contributed by atoms with E-state index in [0.717, 1.165) is 18.8 Å². The molecule has 1 aromatic carbocycles. The molecule has 0 aliphatic heterocycles. The molecule has 0 aromatic heterocycles. The smallest absolute Gasteiger partial charge is 0.171 e. The molecule has 0 unspecified atom stereocenters. The number of hydrogen-bond acceptors (Lipinski definition) is 0. The van der Waals surface area contributed by atoms with Crippen LogP contribution < -0.4 is 0 Å². The van der Waals surface area contributed by atoms with Crippen molar-refractivity contribution in [3.05, 3.63) is 72.4 Å². The molecule has 0 nitrogen and oxygen atoms in total. The van der Waals surface area contributed by atoms with Crippen molar-refractivity contribution in [2.24, 2.45) is 17.3 Å². The van der Waals surface area contributed by atoms with E-state index >= 15 is 0 Å². The molecule has 3 heteroatoms. The molecule has 1 fully saturated rings. The van der Waals surface area contributed by atoms with Crippen LogP contribution in [0.4, 0.5) is 13.2 Å². The predicted octanol–water partition coefficient (Wildman–Crippen LogP) is 9.95. The van der Waals surface area contributed by atoms with Crippen LogP contribution in [-0.4, -0.2) is 6.18 Å². The summed E-state index contributed by atoms with van der Waals surface area (Å²) in [7, 11) is 0. The number of alkyl halides is 3. The van der Waals surface area contributed by atoms with E-state index in [0.29, 0.717) is 5.92 Å². The second-order valence-electron chi connectivity index (χ2n) is 10.1. The Hall–Kier alpha value is -1.77. The minimum atomic E-state index is -4.09. The van der Waals surface area contributed by atoms with Crippen molar-refractivity contribution in [3.8, 4) is 0 Å². The summed E-state index contributed by atoms with van der Waals surface area (Å²) in [5.74, 6) is 1.53. The van der Waals surface area contributed by atoms with Gasteiger partial charge in [0.25, 0.3) is 0 Å². The summed E-state index contributed by atoms with van der Waals surface area (Å²) in [4.78, 5) is 0. The van der Waals surface area contributed by atoms with Crippen molar-refractivity contribution in [2.45, 2.75) is 96.1 Å². The molecule has 2 aliphatic rings. The predicted molar refractivity (Wildman–Crippen MR) is 133 cm³/mol. The van der Waals surface area contributed by atoms with Crippen molar-refractivity contribution in [1.29, 1.82) is 0 Å². The Morgan fingerprint density at radius 3 is 2.21 bits per heavy atom. The monoisotopic (exact) mass is 458 g/mol. The zero-order valence-electron chi connectivity index (χ0n) is 20.2. The molecule has 0 N–H and O–H groups in total. The normalized spacial score (nSPS) is 27.9. The van der Waals surface area contributed by atoms with Gasteiger partial charge < -0.3 is 0 Å². The lowest BCUT2D eigenvalue weighted by molar-refractivity contribution is -0.133. The molecule has 0 radical (unpaired) electrons. The standard InChI is InChI=1S/C30H41F3/c1-2-3-4-5-7-12-25-15-17-28(18-16-25)29(21-10-11-22-30(31,32)33)23-19-27(20-24-29)26-13-8-6-9-14-26/h6,8-10,13-14,19-21,23-25,27-28H,2-5,7,11-12,15-18,22H2,1H3/b21-10+/t25-,27?,28-,29?. The Labute approximate surface area is 199 Å². The lowest BCUT2D eigenvalue weighted by atomic mass is 9.64. The van der Waals surface area contributed by atoms with Crippen LogP contribution in [0.2, 0.25) is 0 Å². The first-order valence-corrected chi connectivity index (χ1v) is 13.1. The van der Waals surface area contributed by atoms with Crippen LogP contribution in [0.1, 0.15) is 95.5 Å². The summed E-state index contributed by atoms with van der Waals surface area (Å²) >= 11 is 0. The zero-order chi connectivity index (χ0) is 23.6. The summed E-state index contributed by atoms with van der Waals surface area (Å²) in [5, 5.41) is 0. The quantitative estimate of drug-likeness (QED) is 0.229. The van der Waals surface area contributed by atoms with Gasteiger partial charge in [-0.1, -0.05) is 125 Å². The minimum Gasteiger partial charge on any atom is -0.171 e. The van der Waals surface area contributed by atoms with Crippen LogP contribution in [-0.2, 0) is 0 Å². The van der Waals surface area contributed by atoms with Gasteiger partial charge >= 0.3 is 6.18 Å². The van der Waals surface area contributed by atoms with Crippen LogP contribution in [0, 0.1) is 17.3 Å². The van der Waals surface area contributed by atoms with E-state index in [1.807, 2.05) is 6.07 Å². The fraction of sp³-hybridized carbons (Fsp3) is 0.600. The van der Waals surface area contributed by atoms with E-state index in [4.69, 9.17) is 0 Å². The third-order valence-corrected chi connectivity index (χ3v) is 7.64. The van der Waals surface area contributed by atoms with Crippen LogP contribution in [0.15, 0.2) is 66.8 Å². The molecule has 0 atom stereocenters. The van der Waals surface area contributed by atoms with Gasteiger partial charge in [-0.15, -0.1) is 0 Å². The molecule has 33 heavy (non-hydrogen) atoms. The van der Waals surface area contributed by atoms with E-state index in [2.05, 4.69) is 61.6 Å². The fourth-order valence-corrected chi connectivity index (χ4v) is 5.60. The molecule has 2 aliphatic carbocycles. The molecule has 0 spiro atoms. The highest BCUT2D eigenvalue weighted by molar-refractivity contribution is 5.37. The number of rotatable bonds is 11. The van der Waals surface area contributed by atoms with E-state index < -0.39 is 12.6 Å². The Balaban J connectivity index is 1.62. The average Bonchev–Trinajstić information content (AvgIpc) is 2.82. The topological polar surface area (TPSA) is 0 Å². The van der Waals surface area contributed by atoms with Crippen LogP contribution in [0.25, 0.3) is 0 Å². The van der Waals surface area contributed by atoms with E-state index in [1.165, 1.54) is 56.9 Å². The highest BCUT2D eigenvalue weighted by atomic mass is 19.4. The first kappa shape index (κ1) is 25.8. The van der Waals surface area contributed by atoms with Gasteiger partial charge in [0.15, 0.2) is 0 Å². The Morgan fingerprint density at radius 2 is 1.58 bits per heavy atom. The molecule has 0 bridgehead atoms. The number of allylic oxidation sites excluding steroid dienone is 6.